The van der Waals surface area contributed by atoms with E-state index in [1.54, 1.807) is 6.08 Å². The van der Waals surface area contributed by atoms with Crippen molar-refractivity contribution in [2.24, 2.45) is 40.4 Å². The number of aliphatic hydroxyl groups is 1. The molecule has 0 heterocycles. The number of Topliss-reactive ketones (excluding diaryl/α,β-unsaturated/α-hetero) is 1. The fraction of sp³-hybridized carbons (Fsp3) is 0.783. The van der Waals surface area contributed by atoms with E-state index in [1.165, 1.54) is 7.11 Å². The summed E-state index contributed by atoms with van der Waals surface area (Å²) in [5, 5.41) is 11.1. The van der Waals surface area contributed by atoms with Gasteiger partial charge in [0.05, 0.1) is 19.1 Å². The number of carbonyl (C=O) groups is 3. The quantitative estimate of drug-likeness (QED) is 0.735. The topological polar surface area (TPSA) is 80.7 Å². The monoisotopic (exact) mass is 388 g/mol. The molecule has 5 nitrogen and oxygen atoms in total. The van der Waals surface area contributed by atoms with Crippen LogP contribution in [0.2, 0.25) is 0 Å². The Kier molecular flexibility index (Phi) is 4.61. The molecule has 0 amide bonds. The third-order valence-corrected chi connectivity index (χ3v) is 9.09. The van der Waals surface area contributed by atoms with Crippen LogP contribution >= 0.6 is 0 Å². The van der Waals surface area contributed by atoms with Gasteiger partial charge in [-0.15, -0.1) is 0 Å². The number of hydrogen-bond acceptors (Lipinski definition) is 5. The molecular weight excluding hydrogens is 356 g/mol. The molecule has 0 aromatic rings. The smallest absolute Gasteiger partial charge is 0.308 e. The van der Waals surface area contributed by atoms with E-state index in [-0.39, 0.29) is 52.5 Å². The molecule has 1 N–H and O–H groups in total. The molecule has 0 aliphatic heterocycles. The second-order valence-electron chi connectivity index (χ2n) is 10.0. The molecule has 2 unspecified atom stereocenters. The lowest BCUT2D eigenvalue weighted by atomic mass is 9.45. The Bertz CT molecular complexity index is 754. The van der Waals surface area contributed by atoms with E-state index in [0.717, 1.165) is 24.8 Å². The van der Waals surface area contributed by atoms with Crippen molar-refractivity contribution >= 4 is 17.5 Å². The first-order chi connectivity index (χ1) is 13.1. The van der Waals surface area contributed by atoms with Crippen molar-refractivity contribution in [1.29, 1.82) is 0 Å². The molecule has 4 rings (SSSR count). The maximum absolute atomic E-state index is 13.5. The van der Waals surface area contributed by atoms with Gasteiger partial charge < -0.3 is 9.84 Å². The van der Waals surface area contributed by atoms with E-state index in [4.69, 9.17) is 4.74 Å². The molecule has 4 aliphatic rings. The molecule has 3 saturated carbocycles. The Morgan fingerprint density at radius 1 is 1.21 bits per heavy atom. The van der Waals surface area contributed by atoms with Crippen molar-refractivity contribution in [1.82, 2.24) is 0 Å². The third kappa shape index (κ3) is 2.51. The number of carbonyl (C=O) groups excluding carboxylic acids is 3. The number of hydrogen-bond donors (Lipinski definition) is 1. The largest absolute Gasteiger partial charge is 0.469 e. The first kappa shape index (κ1) is 19.8. The van der Waals surface area contributed by atoms with Crippen LogP contribution in [0.5, 0.6) is 0 Å². The Morgan fingerprint density at radius 3 is 2.61 bits per heavy atom. The molecule has 0 spiro atoms. The summed E-state index contributed by atoms with van der Waals surface area (Å²) in [6.07, 6.45) is 5.14. The summed E-state index contributed by atoms with van der Waals surface area (Å²) in [5.74, 6) is -0.0403. The molecule has 4 aliphatic carbocycles. The van der Waals surface area contributed by atoms with Gasteiger partial charge in [0.25, 0.3) is 0 Å². The van der Waals surface area contributed by atoms with Crippen molar-refractivity contribution in [3.8, 4) is 0 Å². The van der Waals surface area contributed by atoms with Gasteiger partial charge in [0, 0.05) is 18.3 Å². The fourth-order valence-corrected chi connectivity index (χ4v) is 7.43. The molecule has 0 radical (unpaired) electrons. The molecule has 0 saturated heterocycles. The molecule has 0 aromatic carbocycles. The number of aliphatic hydroxyl groups excluding tert-OH is 1. The maximum Gasteiger partial charge on any atom is 0.308 e. The van der Waals surface area contributed by atoms with E-state index in [9.17, 15) is 19.5 Å². The Labute approximate surface area is 166 Å². The predicted molar refractivity (Wildman–Crippen MR) is 103 cm³/mol. The van der Waals surface area contributed by atoms with Crippen LogP contribution in [0, 0.1) is 40.4 Å². The van der Waals surface area contributed by atoms with Gasteiger partial charge in [0.1, 0.15) is 5.78 Å². The van der Waals surface area contributed by atoms with Gasteiger partial charge in [0.15, 0.2) is 5.78 Å². The first-order valence-corrected chi connectivity index (χ1v) is 10.7. The zero-order valence-corrected chi connectivity index (χ0v) is 17.4. The number of rotatable bonds is 2. The van der Waals surface area contributed by atoms with Gasteiger partial charge in [-0.2, -0.15) is 0 Å². The summed E-state index contributed by atoms with van der Waals surface area (Å²) >= 11 is 0. The molecule has 154 valence electrons. The Hall–Kier alpha value is -1.49. The highest BCUT2D eigenvalue weighted by molar-refractivity contribution is 5.92. The minimum atomic E-state index is -0.585. The summed E-state index contributed by atoms with van der Waals surface area (Å²) in [6.45, 7) is 6.09. The van der Waals surface area contributed by atoms with E-state index in [0.29, 0.717) is 19.3 Å². The van der Waals surface area contributed by atoms with E-state index < -0.39 is 11.5 Å². The summed E-state index contributed by atoms with van der Waals surface area (Å²) in [4.78, 5) is 37.7. The maximum atomic E-state index is 13.5. The normalized spacial score (nSPS) is 46.2. The number of fused-ring (bicyclic) bond motifs is 5. The lowest BCUT2D eigenvalue weighted by molar-refractivity contribution is -0.161. The SMILES string of the molecule is COC(=O)C(C)[C@H]1CC[C@H]2[C@@H]3C(O)CC4=CC(=O)CC[C@]4(C)[C@H]3CC(=O)[C@]12C. The van der Waals surface area contributed by atoms with Gasteiger partial charge >= 0.3 is 5.97 Å². The van der Waals surface area contributed by atoms with Crippen LogP contribution in [0.25, 0.3) is 0 Å². The molecule has 3 fully saturated rings. The zero-order chi connectivity index (χ0) is 20.4. The van der Waals surface area contributed by atoms with Crippen LogP contribution in [0.1, 0.15) is 59.3 Å². The molecule has 8 atom stereocenters. The van der Waals surface area contributed by atoms with Crippen LogP contribution < -0.4 is 0 Å². The average molecular weight is 389 g/mol. The average Bonchev–Trinajstić information content (AvgIpc) is 3.01. The highest BCUT2D eigenvalue weighted by Crippen LogP contribution is 2.66. The highest BCUT2D eigenvalue weighted by atomic mass is 16.5. The predicted octanol–water partition coefficient (Wildman–Crippen LogP) is 3.09. The second kappa shape index (κ2) is 6.51. The highest BCUT2D eigenvalue weighted by Gasteiger charge is 2.65. The van der Waals surface area contributed by atoms with Gasteiger partial charge in [-0.1, -0.05) is 26.3 Å². The van der Waals surface area contributed by atoms with Crippen LogP contribution in [-0.2, 0) is 19.1 Å². The van der Waals surface area contributed by atoms with Crippen molar-refractivity contribution in [2.75, 3.05) is 7.11 Å². The van der Waals surface area contributed by atoms with E-state index in [1.807, 2.05) is 13.8 Å². The fourth-order valence-electron chi connectivity index (χ4n) is 7.43. The molecule has 5 heteroatoms. The molecule has 28 heavy (non-hydrogen) atoms. The number of ether oxygens (including phenoxy) is 1. The number of ketones is 2. The van der Waals surface area contributed by atoms with Gasteiger partial charge in [-0.25, -0.2) is 0 Å². The van der Waals surface area contributed by atoms with Crippen LogP contribution in [0.4, 0.5) is 0 Å². The lowest BCUT2D eigenvalue weighted by Crippen LogP contribution is -2.59. The Morgan fingerprint density at radius 2 is 1.93 bits per heavy atom. The lowest BCUT2D eigenvalue weighted by Gasteiger charge is -2.58. The zero-order valence-electron chi connectivity index (χ0n) is 17.4. The minimum absolute atomic E-state index is 0.0386. The van der Waals surface area contributed by atoms with Crippen LogP contribution in [-0.4, -0.2) is 35.9 Å². The van der Waals surface area contributed by atoms with Gasteiger partial charge in [-0.3, -0.25) is 14.4 Å². The number of methoxy groups -OCH3 is 1. The minimum Gasteiger partial charge on any atom is -0.469 e. The molecular formula is C23H32O5. The van der Waals surface area contributed by atoms with E-state index >= 15 is 0 Å². The summed E-state index contributed by atoms with van der Waals surface area (Å²) in [6, 6.07) is 0. The molecule has 0 bridgehead atoms. The van der Waals surface area contributed by atoms with Gasteiger partial charge in [-0.05, 0) is 60.8 Å². The van der Waals surface area contributed by atoms with Crippen LogP contribution in [0.3, 0.4) is 0 Å². The summed E-state index contributed by atoms with van der Waals surface area (Å²) in [7, 11) is 1.40. The Balaban J connectivity index is 1.72. The van der Waals surface area contributed by atoms with E-state index in [2.05, 4.69) is 6.92 Å². The van der Waals surface area contributed by atoms with Crippen molar-refractivity contribution < 1.29 is 24.2 Å². The summed E-state index contributed by atoms with van der Waals surface area (Å²) < 4.78 is 4.97. The summed E-state index contributed by atoms with van der Waals surface area (Å²) in [5.41, 5.74) is 0.268. The molecule has 0 aromatic heterocycles. The van der Waals surface area contributed by atoms with Crippen molar-refractivity contribution in [3.63, 3.8) is 0 Å². The van der Waals surface area contributed by atoms with Crippen LogP contribution in [0.15, 0.2) is 11.6 Å². The number of esters is 1. The second-order valence-corrected chi connectivity index (χ2v) is 10.0. The standard InChI is InChI=1S/C23H32O5/c1-12(21(27)28-4)15-5-6-16-20-17(11-19(26)23(15,16)3)22(2)8-7-14(24)9-13(22)10-18(20)25/h9,12,15-18,20,25H,5-8,10-11H2,1-4H3/t12?,15-,16+,17+,18?,20+,22+,23-/m1/s1. The van der Waals surface area contributed by atoms with Crippen molar-refractivity contribution in [3.05, 3.63) is 11.6 Å². The van der Waals surface area contributed by atoms with Gasteiger partial charge in [0.2, 0.25) is 0 Å². The third-order valence-electron chi connectivity index (χ3n) is 9.09. The van der Waals surface area contributed by atoms with Crippen molar-refractivity contribution in [2.45, 2.75) is 65.4 Å². The first-order valence-electron chi connectivity index (χ1n) is 10.7.